The lowest BCUT2D eigenvalue weighted by Gasteiger charge is -2.26. The molecule has 1 saturated carbocycles. The van der Waals surface area contributed by atoms with Crippen molar-refractivity contribution in [2.24, 2.45) is 0 Å². The third-order valence-electron chi connectivity index (χ3n) is 3.71. The number of aryl methyl sites for hydroxylation is 2. The number of aromatic nitrogens is 2. The van der Waals surface area contributed by atoms with Crippen LogP contribution in [0.2, 0.25) is 0 Å². The second-order valence-corrected chi connectivity index (χ2v) is 5.07. The maximum Gasteiger partial charge on any atom is 0.0641 e. The average molecular weight is 221 g/mol. The molecular formula is C13H23N3. The predicted octanol–water partition coefficient (Wildman–Crippen LogP) is 3.01. The van der Waals surface area contributed by atoms with Crippen LogP contribution in [0.4, 0.5) is 0 Å². The van der Waals surface area contributed by atoms with E-state index >= 15 is 0 Å². The van der Waals surface area contributed by atoms with Gasteiger partial charge in [-0.1, -0.05) is 19.3 Å². The zero-order valence-electron chi connectivity index (χ0n) is 10.6. The minimum atomic E-state index is 0.418. The Kier molecular flexibility index (Phi) is 3.64. The van der Waals surface area contributed by atoms with Gasteiger partial charge >= 0.3 is 0 Å². The molecule has 0 bridgehead atoms. The molecule has 0 radical (unpaired) electrons. The Labute approximate surface area is 98.0 Å². The van der Waals surface area contributed by atoms with Gasteiger partial charge in [0.05, 0.1) is 5.69 Å². The van der Waals surface area contributed by atoms with Gasteiger partial charge in [0.25, 0.3) is 0 Å². The van der Waals surface area contributed by atoms with Crippen molar-refractivity contribution in [2.75, 3.05) is 0 Å². The highest BCUT2D eigenvalue weighted by atomic mass is 15.1. The first kappa shape index (κ1) is 11.6. The molecule has 0 aliphatic heterocycles. The zero-order valence-corrected chi connectivity index (χ0v) is 10.6. The molecule has 1 aliphatic carbocycles. The molecule has 1 fully saturated rings. The smallest absolute Gasteiger partial charge is 0.0641 e. The molecule has 1 aliphatic rings. The normalized spacial score (nSPS) is 19.9. The number of H-pyrrole nitrogens is 1. The van der Waals surface area contributed by atoms with E-state index in [1.165, 1.54) is 43.4 Å². The van der Waals surface area contributed by atoms with Crippen molar-refractivity contribution in [3.8, 4) is 0 Å². The molecule has 3 heteroatoms. The third-order valence-corrected chi connectivity index (χ3v) is 3.71. The van der Waals surface area contributed by atoms with E-state index < -0.39 is 0 Å². The quantitative estimate of drug-likeness (QED) is 0.823. The summed E-state index contributed by atoms with van der Waals surface area (Å²) in [5, 5.41) is 11.1. The molecule has 0 aromatic carbocycles. The molecule has 1 heterocycles. The monoisotopic (exact) mass is 221 g/mol. The SMILES string of the molecule is Cc1n[nH]c(C)c1C(C)NC1CCCCC1. The van der Waals surface area contributed by atoms with Crippen molar-refractivity contribution in [3.63, 3.8) is 0 Å². The van der Waals surface area contributed by atoms with Gasteiger partial charge in [-0.25, -0.2) is 0 Å². The second kappa shape index (κ2) is 5.00. The number of hydrogen-bond donors (Lipinski definition) is 2. The Morgan fingerprint density at radius 2 is 1.94 bits per heavy atom. The highest BCUT2D eigenvalue weighted by Crippen LogP contribution is 2.23. The van der Waals surface area contributed by atoms with Crippen LogP contribution in [0.5, 0.6) is 0 Å². The van der Waals surface area contributed by atoms with Crippen LogP contribution < -0.4 is 5.32 Å². The van der Waals surface area contributed by atoms with E-state index in [1.54, 1.807) is 0 Å². The topological polar surface area (TPSA) is 40.7 Å². The highest BCUT2D eigenvalue weighted by Gasteiger charge is 2.19. The lowest BCUT2D eigenvalue weighted by Crippen LogP contribution is -2.33. The number of nitrogens with zero attached hydrogens (tertiary/aromatic N) is 1. The third kappa shape index (κ3) is 2.46. The van der Waals surface area contributed by atoms with Gasteiger partial charge in [0.1, 0.15) is 0 Å². The minimum Gasteiger partial charge on any atom is -0.307 e. The van der Waals surface area contributed by atoms with Gasteiger partial charge in [-0.15, -0.1) is 0 Å². The van der Waals surface area contributed by atoms with Gasteiger partial charge in [0.2, 0.25) is 0 Å². The Morgan fingerprint density at radius 3 is 2.50 bits per heavy atom. The van der Waals surface area contributed by atoms with E-state index in [1.807, 2.05) is 0 Å². The summed E-state index contributed by atoms with van der Waals surface area (Å²) >= 11 is 0. The first-order valence-electron chi connectivity index (χ1n) is 6.46. The summed E-state index contributed by atoms with van der Waals surface area (Å²) in [5.74, 6) is 0. The van der Waals surface area contributed by atoms with Gasteiger partial charge in [-0.2, -0.15) is 5.10 Å². The first-order valence-corrected chi connectivity index (χ1v) is 6.46. The fourth-order valence-electron chi connectivity index (χ4n) is 2.90. The Balaban J connectivity index is 1.99. The summed E-state index contributed by atoms with van der Waals surface area (Å²) in [6, 6.07) is 1.12. The van der Waals surface area contributed by atoms with Gasteiger partial charge in [-0.3, -0.25) is 5.10 Å². The van der Waals surface area contributed by atoms with Crippen molar-refractivity contribution in [1.82, 2.24) is 15.5 Å². The molecule has 1 atom stereocenters. The lowest BCUT2D eigenvalue weighted by molar-refractivity contribution is 0.346. The largest absolute Gasteiger partial charge is 0.307 e. The molecular weight excluding hydrogens is 198 g/mol. The van der Waals surface area contributed by atoms with Gasteiger partial charge in [0, 0.05) is 23.3 Å². The molecule has 3 nitrogen and oxygen atoms in total. The van der Waals surface area contributed by atoms with Crippen LogP contribution >= 0.6 is 0 Å². The van der Waals surface area contributed by atoms with Crippen LogP contribution in [-0.4, -0.2) is 16.2 Å². The van der Waals surface area contributed by atoms with Crippen LogP contribution in [0.15, 0.2) is 0 Å². The average Bonchev–Trinajstić information content (AvgIpc) is 2.60. The molecule has 16 heavy (non-hydrogen) atoms. The summed E-state index contributed by atoms with van der Waals surface area (Å²) in [7, 11) is 0. The predicted molar refractivity (Wildman–Crippen MR) is 66.5 cm³/mol. The summed E-state index contributed by atoms with van der Waals surface area (Å²) in [6.45, 7) is 6.44. The number of rotatable bonds is 3. The fourth-order valence-corrected chi connectivity index (χ4v) is 2.90. The van der Waals surface area contributed by atoms with E-state index in [0.29, 0.717) is 12.1 Å². The van der Waals surface area contributed by atoms with Crippen LogP contribution in [0.1, 0.15) is 62.0 Å². The molecule has 0 saturated heterocycles. The molecule has 1 unspecified atom stereocenters. The molecule has 1 aromatic rings. The summed E-state index contributed by atoms with van der Waals surface area (Å²) < 4.78 is 0. The maximum absolute atomic E-state index is 4.27. The molecule has 2 rings (SSSR count). The number of aromatic amines is 1. The summed E-state index contributed by atoms with van der Waals surface area (Å²) in [6.07, 6.45) is 6.85. The molecule has 0 amide bonds. The highest BCUT2D eigenvalue weighted by molar-refractivity contribution is 5.26. The van der Waals surface area contributed by atoms with Crippen molar-refractivity contribution < 1.29 is 0 Å². The van der Waals surface area contributed by atoms with Crippen LogP contribution in [-0.2, 0) is 0 Å². The van der Waals surface area contributed by atoms with Crippen LogP contribution in [0.3, 0.4) is 0 Å². The maximum atomic E-state index is 4.27. The van der Waals surface area contributed by atoms with Crippen molar-refractivity contribution in [1.29, 1.82) is 0 Å². The van der Waals surface area contributed by atoms with Crippen molar-refractivity contribution in [2.45, 2.75) is 65.0 Å². The van der Waals surface area contributed by atoms with Gasteiger partial charge in [0.15, 0.2) is 0 Å². The zero-order chi connectivity index (χ0) is 11.5. The minimum absolute atomic E-state index is 0.418. The number of nitrogens with one attached hydrogen (secondary N) is 2. The van der Waals surface area contributed by atoms with Crippen LogP contribution in [0.25, 0.3) is 0 Å². The fraction of sp³-hybridized carbons (Fsp3) is 0.769. The Bertz CT molecular complexity index is 317. The Morgan fingerprint density at radius 1 is 1.25 bits per heavy atom. The summed E-state index contributed by atoms with van der Waals surface area (Å²) in [4.78, 5) is 0. The second-order valence-electron chi connectivity index (χ2n) is 5.07. The summed E-state index contributed by atoms with van der Waals surface area (Å²) in [5.41, 5.74) is 3.69. The standard InChI is InChI=1S/C13H23N3/c1-9(13-10(2)15-16-11(13)3)14-12-7-5-4-6-8-12/h9,12,14H,4-8H2,1-3H3,(H,15,16). The molecule has 1 aromatic heterocycles. The van der Waals surface area contributed by atoms with Gasteiger partial charge in [-0.05, 0) is 33.6 Å². The van der Waals surface area contributed by atoms with Crippen LogP contribution in [0, 0.1) is 13.8 Å². The van der Waals surface area contributed by atoms with Crippen molar-refractivity contribution >= 4 is 0 Å². The molecule has 2 N–H and O–H groups in total. The van der Waals surface area contributed by atoms with E-state index in [-0.39, 0.29) is 0 Å². The lowest BCUT2D eigenvalue weighted by atomic mass is 9.94. The van der Waals surface area contributed by atoms with Crippen molar-refractivity contribution in [3.05, 3.63) is 17.0 Å². The number of hydrogen-bond acceptors (Lipinski definition) is 2. The van der Waals surface area contributed by atoms with E-state index in [2.05, 4.69) is 36.3 Å². The molecule has 90 valence electrons. The Hall–Kier alpha value is -0.830. The van der Waals surface area contributed by atoms with Gasteiger partial charge < -0.3 is 5.32 Å². The van der Waals surface area contributed by atoms with E-state index in [4.69, 9.17) is 0 Å². The first-order chi connectivity index (χ1) is 7.68. The molecule has 0 spiro atoms. The van der Waals surface area contributed by atoms with E-state index in [0.717, 1.165) is 5.69 Å². The van der Waals surface area contributed by atoms with E-state index in [9.17, 15) is 0 Å².